The van der Waals surface area contributed by atoms with Crippen molar-refractivity contribution in [1.29, 1.82) is 0 Å². The number of ether oxygens (including phenoxy) is 1. The number of hydrogen-bond donors (Lipinski definition) is 1. The van der Waals surface area contributed by atoms with Crippen LogP contribution in [0.1, 0.15) is 29.7 Å². The second-order valence-electron chi connectivity index (χ2n) is 3.58. The molecule has 0 saturated carbocycles. The van der Waals surface area contributed by atoms with E-state index >= 15 is 0 Å². The molecule has 1 aromatic rings. The Morgan fingerprint density at radius 3 is 3.00 bits per heavy atom. The Morgan fingerprint density at radius 1 is 1.50 bits per heavy atom. The standard InChI is InChI=1S/C11H13ClO2/c1-7(13)11-9-4-5-14-6-8(9)2-3-10(11)12/h2-3,7,13H,4-6H2,1H3. The molecule has 0 spiro atoms. The largest absolute Gasteiger partial charge is 0.389 e. The molecule has 1 aliphatic rings. The van der Waals surface area contributed by atoms with Crippen LogP contribution in [0.2, 0.25) is 5.02 Å². The fourth-order valence-corrected chi connectivity index (χ4v) is 2.25. The lowest BCUT2D eigenvalue weighted by Gasteiger charge is -2.22. The van der Waals surface area contributed by atoms with Gasteiger partial charge in [-0.3, -0.25) is 0 Å². The summed E-state index contributed by atoms with van der Waals surface area (Å²) in [5.74, 6) is 0. The molecule has 14 heavy (non-hydrogen) atoms. The number of aliphatic hydroxyl groups is 1. The topological polar surface area (TPSA) is 29.5 Å². The summed E-state index contributed by atoms with van der Waals surface area (Å²) in [6, 6.07) is 3.81. The van der Waals surface area contributed by atoms with Crippen molar-refractivity contribution in [3.05, 3.63) is 33.8 Å². The van der Waals surface area contributed by atoms with Gasteiger partial charge in [-0.05, 0) is 30.5 Å². The molecule has 2 rings (SSSR count). The zero-order valence-corrected chi connectivity index (χ0v) is 8.84. The number of hydrogen-bond acceptors (Lipinski definition) is 2. The monoisotopic (exact) mass is 212 g/mol. The lowest BCUT2D eigenvalue weighted by atomic mass is 9.94. The van der Waals surface area contributed by atoms with Crippen molar-refractivity contribution in [1.82, 2.24) is 0 Å². The van der Waals surface area contributed by atoms with Gasteiger partial charge in [-0.15, -0.1) is 0 Å². The van der Waals surface area contributed by atoms with Crippen molar-refractivity contribution >= 4 is 11.6 Å². The van der Waals surface area contributed by atoms with Gasteiger partial charge in [0, 0.05) is 10.6 Å². The zero-order valence-electron chi connectivity index (χ0n) is 8.09. The summed E-state index contributed by atoms with van der Waals surface area (Å²) in [5.41, 5.74) is 3.18. The number of benzene rings is 1. The summed E-state index contributed by atoms with van der Waals surface area (Å²) in [4.78, 5) is 0. The molecular formula is C11H13ClO2. The average molecular weight is 213 g/mol. The summed E-state index contributed by atoms with van der Waals surface area (Å²) in [5, 5.41) is 10.3. The number of aliphatic hydroxyl groups excluding tert-OH is 1. The van der Waals surface area contributed by atoms with E-state index in [0.29, 0.717) is 18.2 Å². The molecule has 76 valence electrons. The van der Waals surface area contributed by atoms with E-state index in [1.165, 1.54) is 5.56 Å². The summed E-state index contributed by atoms with van der Waals surface area (Å²) in [6.07, 6.45) is 0.339. The lowest BCUT2D eigenvalue weighted by molar-refractivity contribution is 0.108. The predicted octanol–water partition coefficient (Wildman–Crippen LogP) is 2.47. The molecule has 2 nitrogen and oxygen atoms in total. The van der Waals surface area contributed by atoms with Gasteiger partial charge in [0.1, 0.15) is 0 Å². The van der Waals surface area contributed by atoms with Crippen molar-refractivity contribution < 1.29 is 9.84 Å². The summed E-state index contributed by atoms with van der Waals surface area (Å²) in [7, 11) is 0. The highest BCUT2D eigenvalue weighted by atomic mass is 35.5. The molecule has 0 saturated heterocycles. The second-order valence-corrected chi connectivity index (χ2v) is 3.98. The Morgan fingerprint density at radius 2 is 2.29 bits per heavy atom. The molecule has 0 bridgehead atoms. The van der Waals surface area contributed by atoms with Crippen molar-refractivity contribution in [3.8, 4) is 0 Å². The third kappa shape index (κ3) is 1.65. The SMILES string of the molecule is CC(O)c1c(Cl)ccc2c1CCOC2. The molecule has 1 atom stereocenters. The molecule has 0 amide bonds. The van der Waals surface area contributed by atoms with Gasteiger partial charge in [0.25, 0.3) is 0 Å². The third-order valence-corrected chi connectivity index (χ3v) is 2.90. The molecule has 0 fully saturated rings. The normalized spacial score (nSPS) is 17.6. The Balaban J connectivity index is 2.55. The van der Waals surface area contributed by atoms with Crippen LogP contribution >= 0.6 is 11.6 Å². The first-order valence-electron chi connectivity index (χ1n) is 4.76. The smallest absolute Gasteiger partial charge is 0.0779 e. The fourth-order valence-electron chi connectivity index (χ4n) is 1.92. The first-order valence-corrected chi connectivity index (χ1v) is 5.14. The van der Waals surface area contributed by atoms with E-state index in [1.54, 1.807) is 6.92 Å². The number of fused-ring (bicyclic) bond motifs is 1. The molecule has 1 aliphatic heterocycles. The van der Waals surface area contributed by atoms with Crippen LogP contribution in [0.15, 0.2) is 12.1 Å². The van der Waals surface area contributed by atoms with E-state index in [-0.39, 0.29) is 0 Å². The van der Waals surface area contributed by atoms with Gasteiger partial charge in [0.05, 0.1) is 19.3 Å². The summed E-state index contributed by atoms with van der Waals surface area (Å²) < 4.78 is 5.35. The zero-order chi connectivity index (χ0) is 10.1. The highest BCUT2D eigenvalue weighted by Crippen LogP contribution is 2.31. The van der Waals surface area contributed by atoms with Crippen LogP contribution in [-0.2, 0) is 17.8 Å². The molecular weight excluding hydrogens is 200 g/mol. The van der Waals surface area contributed by atoms with Gasteiger partial charge in [-0.1, -0.05) is 17.7 Å². The quantitative estimate of drug-likeness (QED) is 0.775. The minimum Gasteiger partial charge on any atom is -0.389 e. The van der Waals surface area contributed by atoms with Crippen LogP contribution in [0, 0.1) is 0 Å². The van der Waals surface area contributed by atoms with Gasteiger partial charge in [0.2, 0.25) is 0 Å². The van der Waals surface area contributed by atoms with Crippen LogP contribution in [0.25, 0.3) is 0 Å². The van der Waals surface area contributed by atoms with Gasteiger partial charge in [0.15, 0.2) is 0 Å². The van der Waals surface area contributed by atoms with Crippen molar-refractivity contribution in [3.63, 3.8) is 0 Å². The molecule has 1 aromatic carbocycles. The second kappa shape index (κ2) is 3.89. The van der Waals surface area contributed by atoms with Gasteiger partial charge in [-0.25, -0.2) is 0 Å². The van der Waals surface area contributed by atoms with Crippen LogP contribution in [0.5, 0.6) is 0 Å². The van der Waals surface area contributed by atoms with Crippen LogP contribution in [-0.4, -0.2) is 11.7 Å². The first kappa shape index (κ1) is 9.97. The maximum absolute atomic E-state index is 9.64. The summed E-state index contributed by atoms with van der Waals surface area (Å²) >= 11 is 6.06. The van der Waals surface area contributed by atoms with Crippen LogP contribution in [0.3, 0.4) is 0 Å². The highest BCUT2D eigenvalue weighted by Gasteiger charge is 2.18. The van der Waals surface area contributed by atoms with E-state index in [1.807, 2.05) is 12.1 Å². The molecule has 0 radical (unpaired) electrons. The highest BCUT2D eigenvalue weighted by molar-refractivity contribution is 6.31. The maximum atomic E-state index is 9.64. The van der Waals surface area contributed by atoms with Crippen molar-refractivity contribution in [2.24, 2.45) is 0 Å². The van der Waals surface area contributed by atoms with E-state index in [9.17, 15) is 5.11 Å². The molecule has 1 unspecified atom stereocenters. The predicted molar refractivity (Wildman–Crippen MR) is 55.4 cm³/mol. The first-order chi connectivity index (χ1) is 6.70. The number of rotatable bonds is 1. The van der Waals surface area contributed by atoms with Crippen molar-refractivity contribution in [2.45, 2.75) is 26.1 Å². The van der Waals surface area contributed by atoms with Gasteiger partial charge in [-0.2, -0.15) is 0 Å². The Bertz CT molecular complexity index is 347. The molecule has 3 heteroatoms. The number of halogens is 1. The van der Waals surface area contributed by atoms with E-state index in [0.717, 1.165) is 17.5 Å². The minimum atomic E-state index is -0.504. The molecule has 0 aliphatic carbocycles. The van der Waals surface area contributed by atoms with Gasteiger partial charge >= 0.3 is 0 Å². The van der Waals surface area contributed by atoms with Gasteiger partial charge < -0.3 is 9.84 Å². The molecule has 0 aromatic heterocycles. The average Bonchev–Trinajstić information content (AvgIpc) is 2.17. The van der Waals surface area contributed by atoms with E-state index in [2.05, 4.69) is 0 Å². The van der Waals surface area contributed by atoms with E-state index < -0.39 is 6.10 Å². The fraction of sp³-hybridized carbons (Fsp3) is 0.455. The Labute approximate surface area is 88.5 Å². The van der Waals surface area contributed by atoms with Crippen LogP contribution < -0.4 is 0 Å². The lowest BCUT2D eigenvalue weighted by Crippen LogP contribution is -2.13. The summed E-state index contributed by atoms with van der Waals surface area (Å²) in [6.45, 7) is 3.09. The third-order valence-electron chi connectivity index (χ3n) is 2.57. The molecule has 1 N–H and O–H groups in total. The van der Waals surface area contributed by atoms with E-state index in [4.69, 9.17) is 16.3 Å². The van der Waals surface area contributed by atoms with Crippen molar-refractivity contribution in [2.75, 3.05) is 6.61 Å². The molecule has 1 heterocycles. The minimum absolute atomic E-state index is 0.504. The Kier molecular flexibility index (Phi) is 2.77. The Hall–Kier alpha value is -0.570. The van der Waals surface area contributed by atoms with Crippen LogP contribution in [0.4, 0.5) is 0 Å². The maximum Gasteiger partial charge on any atom is 0.0779 e.